The number of carboxylic acid groups (broad SMARTS) is 5. The van der Waals surface area contributed by atoms with Crippen molar-refractivity contribution in [2.45, 2.75) is 282 Å². The van der Waals surface area contributed by atoms with Gasteiger partial charge in [-0.05, 0) is 147 Å². The second kappa shape index (κ2) is 48.6. The largest absolute Gasteiger partial charge is 0.480 e. The molecule has 10 aliphatic rings. The first-order valence-corrected chi connectivity index (χ1v) is 54.4. The first kappa shape index (κ1) is 120. The van der Waals surface area contributed by atoms with Crippen LogP contribution < -0.4 is 61.6 Å². The Morgan fingerprint density at radius 2 is 0.629 bits per heavy atom. The Kier molecular flexibility index (Phi) is 41.6. The minimum Gasteiger partial charge on any atom is -0.480 e. The summed E-state index contributed by atoms with van der Waals surface area (Å²) in [5.41, 5.74) is 52.0. The highest BCUT2D eigenvalue weighted by molar-refractivity contribution is 7.90. The van der Waals surface area contributed by atoms with Crippen LogP contribution in [0.1, 0.15) is 156 Å². The number of carbonyl (C=O) groups is 5. The standard InChI is InChI=1S/C18H29BN4O6S.C17H27BN4O6S.3C15H31BN4O6S/c20-15-9-16(15)23(10-13-5-2-1-3-6-13)30(28,29)22-11-14(7-4-8-19(26)27)18(21,12-22)17(24)25;19-14-9-15(14)22(13-6-2-1-3-7-13)29(27,28)21-10-12(5-4-8-18(25)26)17(20,11-21)16(23)24;1-14(2,3)20(12-7-11(12)17)27(25,26)19-8-10(5-4-6-16(23)24)15(18,9-19)13(21)22;1-10(2)7-20(13-6-12(13)17)27(25,26)19-8-11(4-3-5-16(23)24)15(18,9-19)14(21)22;1-2-3-7-20(13-8-12(13)17)27(25,26)19-9-11(5-4-6-16(23)24)15(18,10-19)14(21)22/h1-3,5-6,14-16,26-27H,4,7-12,20-21H2,(H,24,25);1-3,6-7,12,14-15,25-26H,4-5,8-11,19-20H2,(H,23,24);10-12,23-24H,4-9,17-18H2,1-3H3,(H,21,22);10-13,23-24H,3-9,17-18H2,1-2H3,(H,21,22);11-13,23-24H,2-10,17-18H2,1H3,(H,21,22)/t14-,15?,16?,18-;12-,14?,15?,17-;10-,11?,12?,15-;2*11-,12?,13?,15-/m00000/s1. The van der Waals surface area contributed by atoms with Crippen LogP contribution in [0, 0.1) is 35.5 Å². The highest BCUT2D eigenvalue weighted by Crippen LogP contribution is 2.45. The number of nitrogens with two attached hydrogens (primary N) is 10. The summed E-state index contributed by atoms with van der Waals surface area (Å²) in [6.07, 6.45) is 7.76. The van der Waals surface area contributed by atoms with Crippen LogP contribution in [0.3, 0.4) is 0 Å². The lowest BCUT2D eigenvalue weighted by Crippen LogP contribution is -2.57. The molecular weight excluding hydrogens is 1940 g/mol. The van der Waals surface area contributed by atoms with E-state index in [4.69, 9.17) is 108 Å². The molecule has 12 rings (SSSR count). The summed E-state index contributed by atoms with van der Waals surface area (Å²) in [6, 6.07) is 15.0. The molecule has 0 radical (unpaired) electrons. The summed E-state index contributed by atoms with van der Waals surface area (Å²) in [5.74, 6) is -9.37. The van der Waals surface area contributed by atoms with Gasteiger partial charge in [0, 0.05) is 175 Å². The van der Waals surface area contributed by atoms with E-state index >= 15 is 0 Å². The van der Waals surface area contributed by atoms with E-state index in [-0.39, 0.29) is 189 Å². The molecule has 0 bridgehead atoms. The Bertz CT molecular complexity index is 5070. The number of aliphatic carboxylic acids is 5. The molecule has 2 aromatic carbocycles. The molecular formula is C80H149B5N20O30S5. The van der Waals surface area contributed by atoms with Gasteiger partial charge in [0.1, 0.15) is 27.7 Å². The Labute approximate surface area is 822 Å². The lowest BCUT2D eigenvalue weighted by atomic mass is 9.78. The minimum absolute atomic E-state index is 0.00274. The minimum atomic E-state index is -4.06. The van der Waals surface area contributed by atoms with E-state index in [0.717, 1.165) is 33.5 Å². The van der Waals surface area contributed by atoms with E-state index < -0.39 is 179 Å². The molecule has 794 valence electrons. The smallest absolute Gasteiger partial charge is 0.451 e. The third-order valence-corrected chi connectivity index (χ3v) is 37.9. The summed E-state index contributed by atoms with van der Waals surface area (Å²) >= 11 is 0. The third kappa shape index (κ3) is 29.8. The molecule has 20 atom stereocenters. The number of nitrogens with zero attached hydrogens (tertiary/aromatic N) is 10. The zero-order chi connectivity index (χ0) is 105. The van der Waals surface area contributed by atoms with Gasteiger partial charge >= 0.3 is 75.6 Å². The summed E-state index contributed by atoms with van der Waals surface area (Å²) in [5, 5.41) is 138. The molecule has 5 aliphatic heterocycles. The maximum absolute atomic E-state index is 13.5. The van der Waals surface area contributed by atoms with E-state index in [1.54, 1.807) is 51.1 Å². The average molecular weight is 2090 g/mol. The number of para-hydroxylation sites is 1. The van der Waals surface area contributed by atoms with Crippen LogP contribution in [0.2, 0.25) is 31.6 Å². The van der Waals surface area contributed by atoms with Gasteiger partial charge in [-0.1, -0.05) is 108 Å². The molecule has 140 heavy (non-hydrogen) atoms. The second-order valence-corrected chi connectivity index (χ2v) is 49.9. The number of anilines is 1. The average Bonchev–Trinajstić information content (AvgIpc) is 1.58. The molecule has 2 aromatic rings. The van der Waals surface area contributed by atoms with Crippen LogP contribution in [0.4, 0.5) is 5.69 Å². The predicted molar refractivity (Wildman–Crippen MR) is 521 cm³/mol. The Balaban J connectivity index is 0.000000215. The maximum atomic E-state index is 13.5. The van der Waals surface area contributed by atoms with Gasteiger partial charge < -0.3 is 133 Å². The van der Waals surface area contributed by atoms with Crippen molar-refractivity contribution in [3.63, 3.8) is 0 Å². The first-order valence-electron chi connectivity index (χ1n) is 47.5. The van der Waals surface area contributed by atoms with Crippen LogP contribution >= 0.6 is 0 Å². The van der Waals surface area contributed by atoms with Gasteiger partial charge in [-0.2, -0.15) is 80.8 Å². The number of carboxylic acids is 5. The molecule has 0 amide bonds. The van der Waals surface area contributed by atoms with Crippen LogP contribution in [-0.4, -0.2) is 394 Å². The monoisotopic (exact) mass is 2080 g/mol. The van der Waals surface area contributed by atoms with Crippen LogP contribution in [0.5, 0.6) is 0 Å². The van der Waals surface area contributed by atoms with Crippen molar-refractivity contribution in [1.29, 1.82) is 0 Å². The molecule has 0 spiro atoms. The van der Waals surface area contributed by atoms with Crippen molar-refractivity contribution >= 4 is 122 Å². The van der Waals surface area contributed by atoms with Crippen molar-refractivity contribution in [3.05, 3.63) is 66.2 Å². The SMILES string of the molecule is CC(C)(C)N(C1CC1N)S(=O)(=O)N1C[C@H](CCCB(O)O)[C@](N)(C(=O)O)C1.CC(C)CN(C1CC1N)S(=O)(=O)N1C[C@H](CCCB(O)O)[C@](N)(C(=O)O)C1.CCCCN(C1CC1N)S(=O)(=O)N1C[C@H](CCCB(O)O)[C@](N)(C(=O)O)C1.NC1CC1N(Cc1ccccc1)S(=O)(=O)N1C[C@H](CCCB(O)O)[C@](N)(C(=O)O)C1.NC1CC1N(c1ccccc1)S(=O)(=O)N1C[C@H](CCCB(O)O)[C@](N)(C(=O)O)C1. The zero-order valence-corrected chi connectivity index (χ0v) is 84.3. The fourth-order valence-electron chi connectivity index (χ4n) is 19.0. The number of benzene rings is 2. The quantitative estimate of drug-likeness (QED) is 0.0274. The van der Waals surface area contributed by atoms with Gasteiger partial charge in [-0.15, -0.1) is 0 Å². The van der Waals surface area contributed by atoms with Crippen LogP contribution in [0.15, 0.2) is 60.7 Å². The molecule has 35 N–H and O–H groups in total. The van der Waals surface area contributed by atoms with E-state index in [2.05, 4.69) is 0 Å². The van der Waals surface area contributed by atoms with Crippen molar-refractivity contribution in [2.24, 2.45) is 92.8 Å². The van der Waals surface area contributed by atoms with E-state index in [1.165, 1.54) is 21.5 Å². The highest BCUT2D eigenvalue weighted by Gasteiger charge is 2.63. The first-order chi connectivity index (χ1) is 64.8. The van der Waals surface area contributed by atoms with E-state index in [1.807, 2.05) is 51.1 Å². The normalized spacial score (nSPS) is 30.8. The molecule has 50 nitrogen and oxygen atoms in total. The third-order valence-electron chi connectivity index (χ3n) is 27.9. The molecule has 5 heterocycles. The van der Waals surface area contributed by atoms with Crippen molar-refractivity contribution in [3.8, 4) is 0 Å². The van der Waals surface area contributed by atoms with E-state index in [0.29, 0.717) is 102 Å². The van der Waals surface area contributed by atoms with Gasteiger partial charge in [-0.3, -0.25) is 28.3 Å². The Morgan fingerprint density at radius 1 is 0.379 bits per heavy atom. The summed E-state index contributed by atoms with van der Waals surface area (Å²) in [6.45, 7) is 10.1. The number of rotatable bonds is 48. The molecule has 10 fully saturated rings. The molecule has 0 aromatic heterocycles. The fourth-order valence-corrected chi connectivity index (χ4v) is 29.3. The molecule has 5 saturated carbocycles. The lowest BCUT2D eigenvalue weighted by Gasteiger charge is -2.37. The van der Waals surface area contributed by atoms with Gasteiger partial charge in [0.05, 0.1) is 11.7 Å². The highest BCUT2D eigenvalue weighted by atomic mass is 32.2. The summed E-state index contributed by atoms with van der Waals surface area (Å²) in [4.78, 5) is 59.1. The Morgan fingerprint density at radius 3 is 0.886 bits per heavy atom. The maximum Gasteiger partial charge on any atom is 0.451 e. The molecule has 5 saturated heterocycles. The molecule has 10 unspecified atom stereocenters. The predicted octanol–water partition coefficient (Wildman–Crippen LogP) is -7.34. The number of unbranched alkanes of at least 4 members (excludes halogenated alkanes) is 1. The van der Waals surface area contributed by atoms with Crippen molar-refractivity contribution in [2.75, 3.05) is 82.8 Å². The molecule has 60 heteroatoms. The Hall–Kier alpha value is -5.50. The second-order valence-electron chi connectivity index (χ2n) is 40.7. The van der Waals surface area contributed by atoms with Crippen LogP contribution in [-0.2, 0) is 81.6 Å². The topological polar surface area (TPSA) is 852 Å². The number of hydrogen-bond acceptors (Lipinski definition) is 35. The van der Waals surface area contributed by atoms with Gasteiger partial charge in [0.2, 0.25) is 0 Å². The summed E-state index contributed by atoms with van der Waals surface area (Å²) in [7, 11) is -27.3. The molecule has 5 aliphatic carbocycles. The zero-order valence-electron chi connectivity index (χ0n) is 80.3. The van der Waals surface area contributed by atoms with Crippen molar-refractivity contribution < 1.29 is 142 Å². The van der Waals surface area contributed by atoms with Gasteiger partial charge in [0.15, 0.2) is 0 Å². The lowest BCUT2D eigenvalue weighted by molar-refractivity contribution is -0.145. The fraction of sp³-hybridized carbons (Fsp3) is 0.787. The van der Waals surface area contributed by atoms with Crippen LogP contribution in [0.25, 0.3) is 0 Å². The number of hydrogen-bond donors (Lipinski definition) is 25. The van der Waals surface area contributed by atoms with E-state index in [9.17, 15) is 91.6 Å². The summed E-state index contributed by atoms with van der Waals surface area (Å²) < 4.78 is 146. The van der Waals surface area contributed by atoms with Gasteiger partial charge in [0.25, 0.3) is 40.8 Å². The van der Waals surface area contributed by atoms with Gasteiger partial charge in [-0.25, -0.2) is 0 Å². The van der Waals surface area contributed by atoms with Crippen molar-refractivity contribution in [1.82, 2.24) is 38.7 Å².